The lowest BCUT2D eigenvalue weighted by atomic mass is 9.91. The molecule has 272 valence electrons. The van der Waals surface area contributed by atoms with Crippen LogP contribution < -0.4 is 11.0 Å². The zero-order valence-electron chi connectivity index (χ0n) is 28.6. The number of aromatic nitrogens is 3. The number of piperidine rings is 2. The summed E-state index contributed by atoms with van der Waals surface area (Å²) in [6.45, 7) is 4.00. The van der Waals surface area contributed by atoms with Gasteiger partial charge in [0.2, 0.25) is 11.8 Å². The van der Waals surface area contributed by atoms with Crippen LogP contribution in [-0.4, -0.2) is 93.4 Å². The molecule has 2 N–H and O–H groups in total. The molecule has 51 heavy (non-hydrogen) atoms. The molecule has 0 saturated carbocycles. The number of alkyl halides is 3. The number of anilines is 1. The van der Waals surface area contributed by atoms with Crippen molar-refractivity contribution in [3.8, 4) is 0 Å². The number of fused-ring (bicyclic) bond motifs is 3. The molecule has 0 bridgehead atoms. The van der Waals surface area contributed by atoms with E-state index < -0.39 is 17.7 Å². The number of amides is 2. The van der Waals surface area contributed by atoms with Crippen LogP contribution in [0.15, 0.2) is 47.4 Å². The number of para-hydroxylation sites is 1. The first kappa shape index (κ1) is 35.3. The molecule has 2 aromatic heterocycles. The molecule has 1 atom stereocenters. The highest BCUT2D eigenvalue weighted by molar-refractivity contribution is 6.33. The van der Waals surface area contributed by atoms with Crippen LogP contribution in [0.5, 0.6) is 0 Å². The Kier molecular flexibility index (Phi) is 10.0. The number of aromatic amines is 1. The first-order chi connectivity index (χ1) is 24.5. The molecule has 0 unspecified atom stereocenters. The fourth-order valence-electron chi connectivity index (χ4n) is 8.40. The second-order valence-corrected chi connectivity index (χ2v) is 14.5. The minimum absolute atomic E-state index is 0.0500. The van der Waals surface area contributed by atoms with Gasteiger partial charge < -0.3 is 25.0 Å². The molecule has 0 aliphatic carbocycles. The van der Waals surface area contributed by atoms with Gasteiger partial charge in [0.1, 0.15) is 0 Å². The number of pyridine rings is 1. The Labute approximate surface area is 298 Å². The van der Waals surface area contributed by atoms with Gasteiger partial charge in [-0.3, -0.25) is 19.1 Å². The lowest BCUT2D eigenvalue weighted by Crippen LogP contribution is -2.48. The van der Waals surface area contributed by atoms with Gasteiger partial charge in [-0.1, -0.05) is 29.8 Å². The number of nitrogens with zero attached hydrogens (tertiary/aromatic N) is 5. The Balaban J connectivity index is 1.08. The molecule has 0 radical (unpaired) electrons. The second kappa shape index (κ2) is 14.5. The molecule has 7 rings (SSSR count). The molecular weight excluding hydrogens is 683 g/mol. The number of imidazole rings is 1. The van der Waals surface area contributed by atoms with Crippen LogP contribution in [-0.2, 0) is 22.2 Å². The van der Waals surface area contributed by atoms with E-state index in [1.807, 2.05) is 24.3 Å². The number of carbonyl (C=O) groups is 2. The van der Waals surface area contributed by atoms with Gasteiger partial charge in [0, 0.05) is 57.1 Å². The first-order valence-corrected chi connectivity index (χ1v) is 18.3. The van der Waals surface area contributed by atoms with Gasteiger partial charge in [-0.25, -0.2) is 4.79 Å². The standard InChI is InChI=1S/C37H43ClF3N7O3/c1-42-34-28(37(39,40)41)19-23(20-29(34)38)18-24(35(50)47-16-8-25(9-17-47)45-12-4-5-13-45)21-32(49)46-14-10-26(11-15-46)48-31-22-43-30-7-3-2-6-27(30)33(31)44-36(48)51/h2-3,6-7,19-20,22,24-26,42H,4-5,8-18,21H2,1H3,(H,44,51)/t24-/m0/s1. The average Bonchev–Trinajstić information content (AvgIpc) is 3.79. The van der Waals surface area contributed by atoms with E-state index in [1.165, 1.54) is 26.0 Å². The third-order valence-corrected chi connectivity index (χ3v) is 11.3. The van der Waals surface area contributed by atoms with Crippen LogP contribution in [0.1, 0.15) is 62.1 Å². The number of hydrogen-bond acceptors (Lipinski definition) is 6. The smallest absolute Gasteiger partial charge is 0.386 e. The highest BCUT2D eigenvalue weighted by Crippen LogP contribution is 2.40. The highest BCUT2D eigenvalue weighted by atomic mass is 35.5. The Hall–Kier alpha value is -4.10. The van der Waals surface area contributed by atoms with Gasteiger partial charge in [0.15, 0.2) is 0 Å². The SMILES string of the molecule is CNc1c(Cl)cc(C[C@@H](CC(=O)N2CCC(n3c(=O)[nH]c4c5ccccc5ncc43)CC2)C(=O)N2CCC(N3CCCC3)CC2)cc1C(F)(F)F. The summed E-state index contributed by atoms with van der Waals surface area (Å²) in [5.41, 5.74) is 1.12. The Morgan fingerprint density at radius 3 is 2.33 bits per heavy atom. The van der Waals surface area contributed by atoms with Crippen molar-refractivity contribution in [3.05, 3.63) is 69.2 Å². The maximum absolute atomic E-state index is 14.1. The van der Waals surface area contributed by atoms with Crippen LogP contribution in [0, 0.1) is 5.92 Å². The zero-order chi connectivity index (χ0) is 35.9. The number of halogens is 4. The van der Waals surface area contributed by atoms with Crippen molar-refractivity contribution in [1.82, 2.24) is 29.2 Å². The molecule has 3 aliphatic heterocycles. The largest absolute Gasteiger partial charge is 0.418 e. The van der Waals surface area contributed by atoms with E-state index >= 15 is 0 Å². The number of H-pyrrole nitrogens is 1. The summed E-state index contributed by atoms with van der Waals surface area (Å²) in [5, 5.41) is 3.31. The van der Waals surface area contributed by atoms with Crippen LogP contribution in [0.25, 0.3) is 21.9 Å². The third kappa shape index (κ3) is 7.19. The fraction of sp³-hybridized carbons (Fsp3) is 0.514. The van der Waals surface area contributed by atoms with Crippen molar-refractivity contribution in [2.24, 2.45) is 5.92 Å². The van der Waals surface area contributed by atoms with Crippen LogP contribution >= 0.6 is 11.6 Å². The van der Waals surface area contributed by atoms with Gasteiger partial charge in [0.05, 0.1) is 44.9 Å². The van der Waals surface area contributed by atoms with E-state index in [-0.39, 0.29) is 52.7 Å². The molecule has 5 heterocycles. The maximum atomic E-state index is 14.1. The zero-order valence-corrected chi connectivity index (χ0v) is 29.4. The molecule has 2 aromatic carbocycles. The van der Waals surface area contributed by atoms with E-state index in [2.05, 4.69) is 20.2 Å². The van der Waals surface area contributed by atoms with Crippen LogP contribution in [0.3, 0.4) is 0 Å². The molecule has 2 amide bonds. The van der Waals surface area contributed by atoms with Crippen molar-refractivity contribution in [1.29, 1.82) is 0 Å². The lowest BCUT2D eigenvalue weighted by molar-refractivity contribution is -0.143. The molecule has 4 aromatic rings. The summed E-state index contributed by atoms with van der Waals surface area (Å²) in [7, 11) is 1.38. The summed E-state index contributed by atoms with van der Waals surface area (Å²) in [4.78, 5) is 54.7. The van der Waals surface area contributed by atoms with E-state index in [0.29, 0.717) is 50.6 Å². The summed E-state index contributed by atoms with van der Waals surface area (Å²) < 4.78 is 43.9. The predicted molar refractivity (Wildman–Crippen MR) is 191 cm³/mol. The molecule has 3 aliphatic rings. The van der Waals surface area contributed by atoms with E-state index in [9.17, 15) is 27.6 Å². The van der Waals surface area contributed by atoms with Crippen molar-refractivity contribution >= 4 is 51.0 Å². The van der Waals surface area contributed by atoms with Crippen molar-refractivity contribution in [2.45, 2.75) is 69.6 Å². The average molecular weight is 726 g/mol. The minimum Gasteiger partial charge on any atom is -0.386 e. The maximum Gasteiger partial charge on any atom is 0.418 e. The van der Waals surface area contributed by atoms with Crippen LogP contribution in [0.2, 0.25) is 5.02 Å². The molecule has 0 spiro atoms. The molecule has 3 saturated heterocycles. The number of hydrogen-bond donors (Lipinski definition) is 2. The number of benzene rings is 2. The second-order valence-electron chi connectivity index (χ2n) is 14.1. The van der Waals surface area contributed by atoms with Crippen molar-refractivity contribution in [2.75, 3.05) is 51.6 Å². The van der Waals surface area contributed by atoms with Crippen molar-refractivity contribution in [3.63, 3.8) is 0 Å². The molecule has 3 fully saturated rings. The van der Waals surface area contributed by atoms with Gasteiger partial charge >= 0.3 is 11.9 Å². The molecular formula is C37H43ClF3N7O3. The topological polar surface area (TPSA) is 107 Å². The monoisotopic (exact) mass is 725 g/mol. The van der Waals surface area contributed by atoms with Gasteiger partial charge in [-0.05, 0) is 81.8 Å². The lowest BCUT2D eigenvalue weighted by Gasteiger charge is -2.38. The van der Waals surface area contributed by atoms with E-state index in [0.717, 1.165) is 48.4 Å². The van der Waals surface area contributed by atoms with Crippen LogP contribution in [0.4, 0.5) is 18.9 Å². The van der Waals surface area contributed by atoms with E-state index in [1.54, 1.807) is 20.6 Å². The number of likely N-dealkylation sites (tertiary alicyclic amines) is 3. The Morgan fingerprint density at radius 2 is 1.65 bits per heavy atom. The molecule has 10 nitrogen and oxygen atoms in total. The highest BCUT2D eigenvalue weighted by Gasteiger charge is 2.37. The quantitative estimate of drug-likeness (QED) is 0.228. The minimum atomic E-state index is -4.66. The van der Waals surface area contributed by atoms with Gasteiger partial charge in [0.25, 0.3) is 0 Å². The number of rotatable bonds is 8. The first-order valence-electron chi connectivity index (χ1n) is 17.9. The third-order valence-electron chi connectivity index (χ3n) is 11.0. The summed E-state index contributed by atoms with van der Waals surface area (Å²) in [5.74, 6) is -1.30. The van der Waals surface area contributed by atoms with Gasteiger partial charge in [-0.2, -0.15) is 13.2 Å². The normalized spacial score (nSPS) is 18.9. The van der Waals surface area contributed by atoms with Gasteiger partial charge in [-0.15, -0.1) is 0 Å². The predicted octanol–water partition coefficient (Wildman–Crippen LogP) is 6.09. The van der Waals surface area contributed by atoms with Crippen molar-refractivity contribution < 1.29 is 22.8 Å². The Morgan fingerprint density at radius 1 is 0.980 bits per heavy atom. The Bertz CT molecular complexity index is 1970. The number of carbonyl (C=O) groups excluding carboxylic acids is 2. The summed E-state index contributed by atoms with van der Waals surface area (Å²) in [6, 6.07) is 10.4. The summed E-state index contributed by atoms with van der Waals surface area (Å²) in [6.07, 6.45) is 1.95. The molecule has 14 heteroatoms. The summed E-state index contributed by atoms with van der Waals surface area (Å²) >= 11 is 6.32. The van der Waals surface area contributed by atoms with E-state index in [4.69, 9.17) is 11.6 Å². The number of nitrogens with one attached hydrogen (secondary N) is 2. The fourth-order valence-corrected chi connectivity index (χ4v) is 8.74.